The monoisotopic (exact) mass is 494 g/mol. The van der Waals surface area contributed by atoms with Gasteiger partial charge in [-0.3, -0.25) is 9.36 Å². The molecule has 0 unspecified atom stereocenters. The predicted octanol–water partition coefficient (Wildman–Crippen LogP) is 6.82. The Bertz CT molecular complexity index is 1230. The first-order chi connectivity index (χ1) is 14.3. The van der Waals surface area contributed by atoms with Gasteiger partial charge in [-0.25, -0.2) is 4.98 Å². The number of hydrogen-bond donors (Lipinski definition) is 0. The lowest BCUT2D eigenvalue weighted by atomic mass is 10.0. The molecular weight excluding hydrogens is 481 g/mol. The number of benzene rings is 2. The molecule has 1 atom stereocenters. The third kappa shape index (κ3) is 3.87. The SMILES string of the molecule is C[C@@H](Oc1cc(-n2cnc3cc(Br)ccc32)sc1C=O)c1ccccc1C(F)(F)F. The number of aromatic nitrogens is 2. The number of nitrogens with zero attached hydrogens (tertiary/aromatic N) is 2. The molecule has 0 radical (unpaired) electrons. The van der Waals surface area contributed by atoms with Gasteiger partial charge in [0.2, 0.25) is 0 Å². The third-order valence-electron chi connectivity index (χ3n) is 4.57. The van der Waals surface area contributed by atoms with Crippen molar-refractivity contribution in [2.45, 2.75) is 19.2 Å². The normalized spacial score (nSPS) is 12.8. The highest BCUT2D eigenvalue weighted by Gasteiger charge is 2.34. The highest BCUT2D eigenvalue weighted by Crippen LogP contribution is 2.39. The van der Waals surface area contributed by atoms with Crippen LogP contribution in [-0.2, 0) is 6.18 Å². The van der Waals surface area contributed by atoms with Gasteiger partial charge in [0, 0.05) is 16.1 Å². The molecule has 4 aromatic rings. The molecule has 0 saturated carbocycles. The Kier molecular flexibility index (Phi) is 5.42. The summed E-state index contributed by atoms with van der Waals surface area (Å²) in [5.41, 5.74) is 0.846. The summed E-state index contributed by atoms with van der Waals surface area (Å²) in [6.45, 7) is 1.53. The molecule has 2 aromatic carbocycles. The summed E-state index contributed by atoms with van der Waals surface area (Å²) in [6.07, 6.45) is -3.13. The van der Waals surface area contributed by atoms with Crippen molar-refractivity contribution >= 4 is 44.6 Å². The molecule has 0 aliphatic heterocycles. The van der Waals surface area contributed by atoms with E-state index >= 15 is 0 Å². The van der Waals surface area contributed by atoms with Crippen LogP contribution in [0.25, 0.3) is 16.0 Å². The van der Waals surface area contributed by atoms with E-state index in [4.69, 9.17) is 4.74 Å². The molecule has 30 heavy (non-hydrogen) atoms. The smallest absolute Gasteiger partial charge is 0.416 e. The highest BCUT2D eigenvalue weighted by atomic mass is 79.9. The molecule has 2 aromatic heterocycles. The summed E-state index contributed by atoms with van der Waals surface area (Å²) in [7, 11) is 0. The fourth-order valence-corrected chi connectivity index (χ4v) is 4.43. The number of fused-ring (bicyclic) bond motifs is 1. The second-order valence-electron chi connectivity index (χ2n) is 6.52. The molecule has 0 amide bonds. The largest absolute Gasteiger partial charge is 0.484 e. The summed E-state index contributed by atoms with van der Waals surface area (Å²) in [4.78, 5) is 16.2. The molecule has 0 aliphatic rings. The number of halogens is 4. The predicted molar refractivity (Wildman–Crippen MR) is 113 cm³/mol. The summed E-state index contributed by atoms with van der Waals surface area (Å²) in [5.74, 6) is 0.230. The van der Waals surface area contributed by atoms with E-state index in [-0.39, 0.29) is 11.3 Å². The minimum absolute atomic E-state index is 0.00697. The number of imidazole rings is 1. The number of carbonyl (C=O) groups is 1. The lowest BCUT2D eigenvalue weighted by Crippen LogP contribution is -2.13. The van der Waals surface area contributed by atoms with Gasteiger partial charge in [-0.1, -0.05) is 34.1 Å². The Morgan fingerprint density at radius 3 is 2.70 bits per heavy atom. The summed E-state index contributed by atoms with van der Waals surface area (Å²) in [5, 5.41) is 0.674. The van der Waals surface area contributed by atoms with Gasteiger partial charge in [0.25, 0.3) is 0 Å². The zero-order valence-corrected chi connectivity index (χ0v) is 17.9. The second kappa shape index (κ2) is 7.88. The summed E-state index contributed by atoms with van der Waals surface area (Å²) in [6, 6.07) is 12.5. The minimum atomic E-state index is -4.49. The van der Waals surface area contributed by atoms with E-state index in [1.54, 1.807) is 17.0 Å². The van der Waals surface area contributed by atoms with Crippen LogP contribution in [0.4, 0.5) is 13.2 Å². The molecular formula is C21H14BrF3N2O2S. The van der Waals surface area contributed by atoms with Crippen LogP contribution >= 0.6 is 27.3 Å². The zero-order chi connectivity index (χ0) is 21.5. The van der Waals surface area contributed by atoms with Crippen LogP contribution in [0, 0.1) is 0 Å². The van der Waals surface area contributed by atoms with Crippen LogP contribution in [0.5, 0.6) is 5.75 Å². The molecule has 0 N–H and O–H groups in total. The molecule has 0 fully saturated rings. The van der Waals surface area contributed by atoms with Crippen molar-refractivity contribution in [1.29, 1.82) is 0 Å². The average molecular weight is 495 g/mol. The van der Waals surface area contributed by atoms with Gasteiger partial charge in [-0.2, -0.15) is 13.2 Å². The molecule has 9 heteroatoms. The number of aldehydes is 1. The Balaban J connectivity index is 1.70. The van der Waals surface area contributed by atoms with Crippen LogP contribution in [0.2, 0.25) is 0 Å². The Morgan fingerprint density at radius 1 is 1.20 bits per heavy atom. The fourth-order valence-electron chi connectivity index (χ4n) is 3.19. The number of rotatable bonds is 5. The van der Waals surface area contributed by atoms with Crippen molar-refractivity contribution in [1.82, 2.24) is 9.55 Å². The van der Waals surface area contributed by atoms with Gasteiger partial charge in [0.05, 0.1) is 16.6 Å². The second-order valence-corrected chi connectivity index (χ2v) is 8.50. The quantitative estimate of drug-likeness (QED) is 0.286. The Labute approximate surface area is 182 Å². The number of hydrogen-bond acceptors (Lipinski definition) is 4. The van der Waals surface area contributed by atoms with E-state index in [0.29, 0.717) is 16.2 Å². The maximum atomic E-state index is 13.3. The first-order valence-corrected chi connectivity index (χ1v) is 10.4. The van der Waals surface area contributed by atoms with Crippen molar-refractivity contribution in [3.8, 4) is 10.8 Å². The average Bonchev–Trinajstić information content (AvgIpc) is 3.30. The van der Waals surface area contributed by atoms with Crippen LogP contribution in [0.1, 0.15) is 33.8 Å². The molecule has 0 saturated heterocycles. The van der Waals surface area contributed by atoms with Gasteiger partial charge in [0.15, 0.2) is 6.29 Å². The van der Waals surface area contributed by atoms with Crippen LogP contribution in [0.15, 0.2) is 59.3 Å². The summed E-state index contributed by atoms with van der Waals surface area (Å²) < 4.78 is 48.5. The minimum Gasteiger partial charge on any atom is -0.484 e. The standard InChI is InChI=1S/C21H14BrF3N2O2S/c1-12(14-4-2-3-5-15(14)21(23,24)25)29-18-9-20(30-19(18)10-28)27-11-26-16-8-13(22)6-7-17(16)27/h2-12H,1H3/t12-/m1/s1. The van der Waals surface area contributed by atoms with E-state index in [1.165, 1.54) is 36.5 Å². The van der Waals surface area contributed by atoms with Crippen molar-refractivity contribution in [2.24, 2.45) is 0 Å². The molecule has 4 nitrogen and oxygen atoms in total. The van der Waals surface area contributed by atoms with Gasteiger partial charge in [-0.15, -0.1) is 11.3 Å². The van der Waals surface area contributed by atoms with Crippen LogP contribution < -0.4 is 4.74 Å². The molecule has 154 valence electrons. The first-order valence-electron chi connectivity index (χ1n) is 8.82. The van der Waals surface area contributed by atoms with Gasteiger partial charge in [0.1, 0.15) is 28.1 Å². The zero-order valence-electron chi connectivity index (χ0n) is 15.5. The maximum absolute atomic E-state index is 13.3. The van der Waals surface area contributed by atoms with Crippen molar-refractivity contribution in [2.75, 3.05) is 0 Å². The number of alkyl halides is 3. The lowest BCUT2D eigenvalue weighted by molar-refractivity contribution is -0.138. The molecule has 0 aliphatic carbocycles. The number of ether oxygens (including phenoxy) is 1. The summed E-state index contributed by atoms with van der Waals surface area (Å²) >= 11 is 4.58. The van der Waals surface area contributed by atoms with E-state index in [2.05, 4.69) is 20.9 Å². The molecule has 4 rings (SSSR count). The van der Waals surface area contributed by atoms with Crippen LogP contribution in [0.3, 0.4) is 0 Å². The van der Waals surface area contributed by atoms with E-state index < -0.39 is 17.8 Å². The first kappa shape index (κ1) is 20.6. The third-order valence-corrected chi connectivity index (χ3v) is 6.11. The van der Waals surface area contributed by atoms with Crippen molar-refractivity contribution in [3.05, 3.63) is 75.3 Å². The Hall–Kier alpha value is -2.65. The van der Waals surface area contributed by atoms with E-state index in [9.17, 15) is 18.0 Å². The number of carbonyl (C=O) groups excluding carboxylic acids is 1. The maximum Gasteiger partial charge on any atom is 0.416 e. The molecule has 2 heterocycles. The highest BCUT2D eigenvalue weighted by molar-refractivity contribution is 9.10. The van der Waals surface area contributed by atoms with Crippen molar-refractivity contribution in [3.63, 3.8) is 0 Å². The topological polar surface area (TPSA) is 44.1 Å². The van der Waals surface area contributed by atoms with Gasteiger partial charge in [-0.05, 0) is 31.2 Å². The van der Waals surface area contributed by atoms with Gasteiger partial charge < -0.3 is 4.74 Å². The molecule has 0 spiro atoms. The number of thiophene rings is 1. The van der Waals surface area contributed by atoms with Crippen molar-refractivity contribution < 1.29 is 22.7 Å². The molecule has 0 bridgehead atoms. The van der Waals surface area contributed by atoms with E-state index in [1.807, 2.05) is 18.2 Å². The Morgan fingerprint density at radius 2 is 1.97 bits per heavy atom. The van der Waals surface area contributed by atoms with Gasteiger partial charge >= 0.3 is 6.18 Å². The fraction of sp³-hybridized carbons (Fsp3) is 0.143. The van der Waals surface area contributed by atoms with E-state index in [0.717, 1.165) is 21.6 Å². The van der Waals surface area contributed by atoms with Crippen LogP contribution in [-0.4, -0.2) is 15.8 Å². The lowest BCUT2D eigenvalue weighted by Gasteiger charge is -2.19.